The maximum absolute atomic E-state index is 12.5. The van der Waals surface area contributed by atoms with Gasteiger partial charge >= 0.3 is 5.97 Å². The Morgan fingerprint density at radius 3 is 2.68 bits per heavy atom. The normalized spacial score (nSPS) is 16.7. The largest absolute Gasteiger partial charge is 0.465 e. The van der Waals surface area contributed by atoms with Crippen LogP contribution < -0.4 is 0 Å². The van der Waals surface area contributed by atoms with Crippen LogP contribution in [0.2, 0.25) is 0 Å². The molecule has 0 bridgehead atoms. The summed E-state index contributed by atoms with van der Waals surface area (Å²) in [4.78, 5) is 37.9. The fourth-order valence-electron chi connectivity index (χ4n) is 2.93. The van der Waals surface area contributed by atoms with Gasteiger partial charge in [-0.3, -0.25) is 14.5 Å². The van der Waals surface area contributed by atoms with Crippen LogP contribution in [0.5, 0.6) is 0 Å². The number of benzene rings is 1. The fourth-order valence-corrected chi connectivity index (χ4v) is 3.84. The third-order valence-corrected chi connectivity index (χ3v) is 5.55. The molecule has 1 aliphatic rings. The first-order valence-corrected chi connectivity index (χ1v) is 9.73. The molecule has 2 amide bonds. The van der Waals surface area contributed by atoms with Gasteiger partial charge in [0.2, 0.25) is 0 Å². The van der Waals surface area contributed by atoms with Gasteiger partial charge in [0.25, 0.3) is 11.1 Å². The maximum atomic E-state index is 12.5. The minimum atomic E-state index is -0.396. The molecule has 1 aromatic carbocycles. The van der Waals surface area contributed by atoms with E-state index in [2.05, 4.69) is 0 Å². The maximum Gasteiger partial charge on any atom is 0.337 e. The lowest BCUT2D eigenvalue weighted by Crippen LogP contribution is -2.36. The van der Waals surface area contributed by atoms with Crippen molar-refractivity contribution in [1.82, 2.24) is 4.90 Å². The molecule has 0 unspecified atom stereocenters. The molecule has 0 saturated carbocycles. The number of carbonyl (C=O) groups is 3. The molecule has 1 fully saturated rings. The Balaban J connectivity index is 1.85. The summed E-state index contributed by atoms with van der Waals surface area (Å²) in [7, 11) is 1.34. The predicted molar refractivity (Wildman–Crippen MR) is 108 cm³/mol. The Hall–Kier alpha value is -2.80. The molecule has 0 spiro atoms. The average molecular weight is 399 g/mol. The minimum absolute atomic E-state index is 0.137. The molecule has 6 nitrogen and oxygen atoms in total. The second-order valence-corrected chi connectivity index (χ2v) is 7.53. The first-order valence-electron chi connectivity index (χ1n) is 8.92. The van der Waals surface area contributed by atoms with E-state index in [1.807, 2.05) is 20.8 Å². The Bertz CT molecular complexity index is 975. The van der Waals surface area contributed by atoms with Crippen molar-refractivity contribution in [1.29, 1.82) is 0 Å². The number of thioether (sulfide) groups is 1. The van der Waals surface area contributed by atoms with Crippen molar-refractivity contribution in [2.45, 2.75) is 33.2 Å². The fraction of sp³-hybridized carbons (Fsp3) is 0.286. The van der Waals surface area contributed by atoms with Crippen molar-refractivity contribution >= 4 is 35.0 Å². The summed E-state index contributed by atoms with van der Waals surface area (Å²) < 4.78 is 10.6. The quantitative estimate of drug-likeness (QED) is 0.527. The van der Waals surface area contributed by atoms with Gasteiger partial charge in [0.15, 0.2) is 0 Å². The number of nitrogens with zero attached hydrogens (tertiary/aromatic N) is 1. The zero-order valence-corrected chi connectivity index (χ0v) is 17.0. The number of hydrogen-bond acceptors (Lipinski definition) is 6. The summed E-state index contributed by atoms with van der Waals surface area (Å²) in [5.41, 5.74) is 2.16. The number of methoxy groups -OCH3 is 1. The number of rotatable bonds is 5. The van der Waals surface area contributed by atoms with Crippen molar-refractivity contribution in [3.8, 4) is 11.3 Å². The van der Waals surface area contributed by atoms with Gasteiger partial charge in [0.1, 0.15) is 11.5 Å². The highest BCUT2D eigenvalue weighted by molar-refractivity contribution is 8.18. The smallest absolute Gasteiger partial charge is 0.337 e. The number of ether oxygens (including phenoxy) is 1. The lowest BCUT2D eigenvalue weighted by Gasteiger charge is -2.19. The third-order valence-electron chi connectivity index (χ3n) is 4.67. The SMILES string of the molecule is CC[C@H](C)N1C(=O)S/C(=C/c2ccc(-c3ccc(C(=O)OC)cc3C)o2)C1=O. The van der Waals surface area contributed by atoms with Crippen LogP contribution in [0.4, 0.5) is 4.79 Å². The molecular formula is C21H21NO5S. The Kier molecular flexibility index (Phi) is 5.74. The van der Waals surface area contributed by atoms with E-state index < -0.39 is 5.97 Å². The topological polar surface area (TPSA) is 76.8 Å². The molecule has 28 heavy (non-hydrogen) atoms. The second-order valence-electron chi connectivity index (χ2n) is 6.53. The van der Waals surface area contributed by atoms with E-state index in [4.69, 9.17) is 9.15 Å². The van der Waals surface area contributed by atoms with Crippen molar-refractivity contribution in [3.05, 3.63) is 52.1 Å². The van der Waals surface area contributed by atoms with Gasteiger partial charge in [-0.25, -0.2) is 4.79 Å². The summed E-state index contributed by atoms with van der Waals surface area (Å²) in [6, 6.07) is 8.61. The Labute approximate surface area is 167 Å². The van der Waals surface area contributed by atoms with Crippen LogP contribution >= 0.6 is 11.8 Å². The highest BCUT2D eigenvalue weighted by Crippen LogP contribution is 2.35. The lowest BCUT2D eigenvalue weighted by atomic mass is 10.0. The molecule has 2 heterocycles. The first kappa shape index (κ1) is 19.9. The molecule has 0 N–H and O–H groups in total. The van der Waals surface area contributed by atoms with E-state index >= 15 is 0 Å². The molecule has 0 radical (unpaired) electrons. The van der Waals surface area contributed by atoms with Crippen molar-refractivity contribution in [2.75, 3.05) is 7.11 Å². The van der Waals surface area contributed by atoms with Gasteiger partial charge in [-0.2, -0.15) is 0 Å². The van der Waals surface area contributed by atoms with Crippen molar-refractivity contribution in [2.24, 2.45) is 0 Å². The van der Waals surface area contributed by atoms with E-state index in [1.165, 1.54) is 12.0 Å². The first-order chi connectivity index (χ1) is 13.3. The Morgan fingerprint density at radius 2 is 2.04 bits per heavy atom. The van der Waals surface area contributed by atoms with Crippen LogP contribution in [-0.4, -0.2) is 35.2 Å². The van der Waals surface area contributed by atoms with Gasteiger partial charge < -0.3 is 9.15 Å². The molecular weight excluding hydrogens is 378 g/mol. The molecule has 2 aromatic rings. The summed E-state index contributed by atoms with van der Waals surface area (Å²) in [5, 5.41) is -0.258. The predicted octanol–water partition coefficient (Wildman–Crippen LogP) is 4.88. The zero-order chi connectivity index (χ0) is 20.4. The van der Waals surface area contributed by atoms with Crippen LogP contribution in [0.25, 0.3) is 17.4 Å². The number of esters is 1. The van der Waals surface area contributed by atoms with Crippen LogP contribution in [-0.2, 0) is 9.53 Å². The molecule has 0 aliphatic carbocycles. The van der Waals surface area contributed by atoms with Gasteiger partial charge in [0, 0.05) is 17.7 Å². The standard InChI is InChI=1S/C21H21NO5S/c1-5-13(3)22-19(23)18(28-21(22)25)11-15-7-9-17(27-15)16-8-6-14(10-12(16)2)20(24)26-4/h6-11,13H,5H2,1-4H3/b18-11+/t13-/m0/s1. The highest BCUT2D eigenvalue weighted by Gasteiger charge is 2.37. The van der Waals surface area contributed by atoms with Gasteiger partial charge in [0.05, 0.1) is 17.6 Å². The molecule has 1 aliphatic heterocycles. The number of amides is 2. The monoisotopic (exact) mass is 399 g/mol. The minimum Gasteiger partial charge on any atom is -0.465 e. The van der Waals surface area contributed by atoms with E-state index in [9.17, 15) is 14.4 Å². The van der Waals surface area contributed by atoms with E-state index in [1.54, 1.807) is 36.4 Å². The zero-order valence-electron chi connectivity index (χ0n) is 16.1. The van der Waals surface area contributed by atoms with Gasteiger partial charge in [-0.15, -0.1) is 0 Å². The number of carbonyl (C=O) groups excluding carboxylic acids is 3. The number of aryl methyl sites for hydroxylation is 1. The summed E-state index contributed by atoms with van der Waals surface area (Å²) in [6.45, 7) is 5.66. The van der Waals surface area contributed by atoms with Crippen LogP contribution in [0.1, 0.15) is 41.9 Å². The number of furan rings is 1. The molecule has 1 atom stereocenters. The summed E-state index contributed by atoms with van der Waals surface area (Å²) in [6.07, 6.45) is 2.30. The number of hydrogen-bond donors (Lipinski definition) is 0. The van der Waals surface area contributed by atoms with Crippen LogP contribution in [0.15, 0.2) is 39.7 Å². The molecule has 3 rings (SSSR count). The van der Waals surface area contributed by atoms with Crippen LogP contribution in [0, 0.1) is 6.92 Å². The Morgan fingerprint density at radius 1 is 1.29 bits per heavy atom. The molecule has 7 heteroatoms. The molecule has 146 valence electrons. The molecule has 1 saturated heterocycles. The van der Waals surface area contributed by atoms with Crippen molar-refractivity contribution in [3.63, 3.8) is 0 Å². The lowest BCUT2D eigenvalue weighted by molar-refractivity contribution is -0.124. The van der Waals surface area contributed by atoms with E-state index in [0.717, 1.165) is 22.9 Å². The number of imide groups is 1. The summed E-state index contributed by atoms with van der Waals surface area (Å²) >= 11 is 0.923. The van der Waals surface area contributed by atoms with E-state index in [-0.39, 0.29) is 17.2 Å². The third kappa shape index (κ3) is 3.75. The second kappa shape index (κ2) is 8.06. The van der Waals surface area contributed by atoms with Crippen LogP contribution in [0.3, 0.4) is 0 Å². The average Bonchev–Trinajstić information content (AvgIpc) is 3.25. The van der Waals surface area contributed by atoms with E-state index in [0.29, 0.717) is 28.4 Å². The van der Waals surface area contributed by atoms with Gasteiger partial charge in [-0.05, 0) is 61.9 Å². The molecule has 1 aromatic heterocycles. The summed E-state index contributed by atoms with van der Waals surface area (Å²) in [5.74, 6) is 0.412. The van der Waals surface area contributed by atoms with Gasteiger partial charge in [-0.1, -0.05) is 13.0 Å². The van der Waals surface area contributed by atoms with Crippen molar-refractivity contribution < 1.29 is 23.5 Å². The highest BCUT2D eigenvalue weighted by atomic mass is 32.2.